The third-order valence-electron chi connectivity index (χ3n) is 3.82. The molecule has 5 heteroatoms. The number of halogens is 1. The third kappa shape index (κ3) is 5.44. The van der Waals surface area contributed by atoms with Crippen LogP contribution in [0.5, 0.6) is 0 Å². The van der Waals surface area contributed by atoms with Crippen molar-refractivity contribution in [2.45, 2.75) is 19.8 Å². The molecule has 0 aromatic heterocycles. The predicted octanol–water partition coefficient (Wildman–Crippen LogP) is 1.09. The number of benzene rings is 1. The fourth-order valence-electron chi connectivity index (χ4n) is 2.60. The standard InChI is InChI=1S/C16H24FN3O/c1-13-11-15(17)4-3-14(13)5-7-19-16(21)12-20-9-2-6-18-8-10-20/h3-4,11,18H,2,5-10,12H2,1H3,(H,19,21). The van der Waals surface area contributed by atoms with Crippen LogP contribution in [0.15, 0.2) is 18.2 Å². The molecule has 1 aliphatic heterocycles. The summed E-state index contributed by atoms with van der Waals surface area (Å²) in [7, 11) is 0. The van der Waals surface area contributed by atoms with Crippen LogP contribution in [0.1, 0.15) is 17.5 Å². The van der Waals surface area contributed by atoms with E-state index in [4.69, 9.17) is 0 Å². The van der Waals surface area contributed by atoms with Crippen LogP contribution in [0.3, 0.4) is 0 Å². The van der Waals surface area contributed by atoms with Gasteiger partial charge in [0, 0.05) is 19.6 Å². The molecule has 0 atom stereocenters. The highest BCUT2D eigenvalue weighted by atomic mass is 19.1. The zero-order valence-electron chi connectivity index (χ0n) is 12.6. The maximum Gasteiger partial charge on any atom is 0.234 e. The second kappa shape index (κ2) is 8.10. The molecule has 2 N–H and O–H groups in total. The van der Waals surface area contributed by atoms with E-state index in [1.807, 2.05) is 6.92 Å². The van der Waals surface area contributed by atoms with Crippen LogP contribution in [0.25, 0.3) is 0 Å². The molecule has 1 aliphatic rings. The number of carbonyl (C=O) groups is 1. The van der Waals surface area contributed by atoms with Crippen LogP contribution in [0.4, 0.5) is 4.39 Å². The number of amides is 1. The Morgan fingerprint density at radius 1 is 1.38 bits per heavy atom. The Labute approximate surface area is 125 Å². The third-order valence-corrected chi connectivity index (χ3v) is 3.82. The van der Waals surface area contributed by atoms with Gasteiger partial charge in [-0.05, 0) is 56.1 Å². The van der Waals surface area contributed by atoms with Gasteiger partial charge in [-0.15, -0.1) is 0 Å². The Morgan fingerprint density at radius 3 is 3.05 bits per heavy atom. The lowest BCUT2D eigenvalue weighted by atomic mass is 10.1. The summed E-state index contributed by atoms with van der Waals surface area (Å²) in [6, 6.07) is 4.78. The minimum Gasteiger partial charge on any atom is -0.355 e. The number of hydrogen-bond donors (Lipinski definition) is 2. The first-order valence-corrected chi connectivity index (χ1v) is 7.60. The molecular formula is C16H24FN3O. The number of aryl methyl sites for hydroxylation is 1. The molecule has 0 bridgehead atoms. The average molecular weight is 293 g/mol. The van der Waals surface area contributed by atoms with Gasteiger partial charge in [0.15, 0.2) is 0 Å². The van der Waals surface area contributed by atoms with Crippen LogP contribution in [0, 0.1) is 12.7 Å². The van der Waals surface area contributed by atoms with Crippen molar-refractivity contribution in [3.8, 4) is 0 Å². The average Bonchev–Trinajstić information content (AvgIpc) is 2.70. The van der Waals surface area contributed by atoms with E-state index in [1.165, 1.54) is 12.1 Å². The van der Waals surface area contributed by atoms with E-state index in [0.717, 1.165) is 50.1 Å². The zero-order valence-corrected chi connectivity index (χ0v) is 12.6. The lowest BCUT2D eigenvalue weighted by Gasteiger charge is -2.18. The van der Waals surface area contributed by atoms with Crippen molar-refractivity contribution >= 4 is 5.91 Å². The summed E-state index contributed by atoms with van der Waals surface area (Å²) in [5, 5.41) is 6.27. The zero-order chi connectivity index (χ0) is 15.1. The van der Waals surface area contributed by atoms with Gasteiger partial charge in [0.1, 0.15) is 5.82 Å². The highest BCUT2D eigenvalue weighted by Gasteiger charge is 2.12. The highest BCUT2D eigenvalue weighted by Crippen LogP contribution is 2.10. The molecule has 0 saturated carbocycles. The van der Waals surface area contributed by atoms with Crippen molar-refractivity contribution in [3.05, 3.63) is 35.1 Å². The van der Waals surface area contributed by atoms with E-state index in [9.17, 15) is 9.18 Å². The van der Waals surface area contributed by atoms with Gasteiger partial charge in [-0.2, -0.15) is 0 Å². The molecular weight excluding hydrogens is 269 g/mol. The molecule has 0 aliphatic carbocycles. The van der Waals surface area contributed by atoms with Crippen molar-refractivity contribution < 1.29 is 9.18 Å². The van der Waals surface area contributed by atoms with Gasteiger partial charge in [-0.25, -0.2) is 4.39 Å². The molecule has 0 spiro atoms. The summed E-state index contributed by atoms with van der Waals surface area (Å²) in [6.07, 6.45) is 1.82. The van der Waals surface area contributed by atoms with Crippen LogP contribution < -0.4 is 10.6 Å². The van der Waals surface area contributed by atoms with Gasteiger partial charge in [0.2, 0.25) is 5.91 Å². The highest BCUT2D eigenvalue weighted by molar-refractivity contribution is 5.78. The van der Waals surface area contributed by atoms with E-state index in [-0.39, 0.29) is 11.7 Å². The Morgan fingerprint density at radius 2 is 2.24 bits per heavy atom. The molecule has 21 heavy (non-hydrogen) atoms. The van der Waals surface area contributed by atoms with Crippen molar-refractivity contribution in [1.29, 1.82) is 0 Å². The van der Waals surface area contributed by atoms with Crippen LogP contribution >= 0.6 is 0 Å². The molecule has 2 rings (SSSR count). The van der Waals surface area contributed by atoms with Gasteiger partial charge >= 0.3 is 0 Å². The Bertz CT molecular complexity index is 471. The SMILES string of the molecule is Cc1cc(F)ccc1CCNC(=O)CN1CCCNCC1. The van der Waals surface area contributed by atoms with Crippen molar-refractivity contribution in [2.75, 3.05) is 39.3 Å². The lowest BCUT2D eigenvalue weighted by Crippen LogP contribution is -2.39. The Kier molecular flexibility index (Phi) is 6.14. The fourth-order valence-corrected chi connectivity index (χ4v) is 2.60. The number of carbonyl (C=O) groups excluding carboxylic acids is 1. The molecule has 1 heterocycles. The first kappa shape index (κ1) is 15.9. The summed E-state index contributed by atoms with van der Waals surface area (Å²) >= 11 is 0. The first-order valence-electron chi connectivity index (χ1n) is 7.60. The van der Waals surface area contributed by atoms with Crippen LogP contribution in [-0.4, -0.2) is 50.1 Å². The van der Waals surface area contributed by atoms with Crippen LogP contribution in [0.2, 0.25) is 0 Å². The topological polar surface area (TPSA) is 44.4 Å². The molecule has 1 aromatic rings. The van der Waals surface area contributed by atoms with Gasteiger partial charge < -0.3 is 10.6 Å². The molecule has 0 unspecified atom stereocenters. The summed E-state index contributed by atoms with van der Waals surface area (Å²) in [5.74, 6) is -0.147. The fraction of sp³-hybridized carbons (Fsp3) is 0.562. The molecule has 1 fully saturated rings. The Hall–Kier alpha value is -1.46. The van der Waals surface area contributed by atoms with Crippen molar-refractivity contribution in [3.63, 3.8) is 0 Å². The van der Waals surface area contributed by atoms with Crippen LogP contribution in [-0.2, 0) is 11.2 Å². The maximum absolute atomic E-state index is 13.0. The molecule has 1 saturated heterocycles. The number of nitrogens with one attached hydrogen (secondary N) is 2. The minimum absolute atomic E-state index is 0.0664. The number of hydrogen-bond acceptors (Lipinski definition) is 3. The molecule has 4 nitrogen and oxygen atoms in total. The molecule has 116 valence electrons. The van der Waals surface area contributed by atoms with E-state index in [2.05, 4.69) is 15.5 Å². The second-order valence-electron chi connectivity index (χ2n) is 5.55. The van der Waals surface area contributed by atoms with E-state index in [1.54, 1.807) is 6.07 Å². The number of rotatable bonds is 5. The minimum atomic E-state index is -0.213. The van der Waals surface area contributed by atoms with E-state index < -0.39 is 0 Å². The second-order valence-corrected chi connectivity index (χ2v) is 5.55. The first-order chi connectivity index (χ1) is 10.1. The van der Waals surface area contributed by atoms with Crippen molar-refractivity contribution in [1.82, 2.24) is 15.5 Å². The van der Waals surface area contributed by atoms with E-state index in [0.29, 0.717) is 13.1 Å². The molecule has 1 amide bonds. The normalized spacial score (nSPS) is 16.5. The van der Waals surface area contributed by atoms with E-state index >= 15 is 0 Å². The van der Waals surface area contributed by atoms with Gasteiger partial charge in [-0.3, -0.25) is 9.69 Å². The van der Waals surface area contributed by atoms with Gasteiger partial charge in [0.05, 0.1) is 6.54 Å². The van der Waals surface area contributed by atoms with Gasteiger partial charge in [-0.1, -0.05) is 6.07 Å². The van der Waals surface area contributed by atoms with Gasteiger partial charge in [0.25, 0.3) is 0 Å². The largest absolute Gasteiger partial charge is 0.355 e. The number of nitrogens with zero attached hydrogens (tertiary/aromatic N) is 1. The monoisotopic (exact) mass is 293 g/mol. The molecule has 0 radical (unpaired) electrons. The smallest absolute Gasteiger partial charge is 0.234 e. The summed E-state index contributed by atoms with van der Waals surface area (Å²) in [5.41, 5.74) is 2.01. The lowest BCUT2D eigenvalue weighted by molar-refractivity contribution is -0.122. The Balaban J connectivity index is 1.71. The summed E-state index contributed by atoms with van der Waals surface area (Å²) < 4.78 is 13.0. The maximum atomic E-state index is 13.0. The molecule has 1 aromatic carbocycles. The predicted molar refractivity (Wildman–Crippen MR) is 81.8 cm³/mol. The van der Waals surface area contributed by atoms with Crippen molar-refractivity contribution in [2.24, 2.45) is 0 Å². The summed E-state index contributed by atoms with van der Waals surface area (Å²) in [6.45, 7) is 6.82. The quantitative estimate of drug-likeness (QED) is 0.854. The summed E-state index contributed by atoms with van der Waals surface area (Å²) in [4.78, 5) is 14.1.